The fraction of sp³-hybridized carbons (Fsp3) is 0.500. The fourth-order valence-corrected chi connectivity index (χ4v) is 2.13. The van der Waals surface area contributed by atoms with Gasteiger partial charge in [0.15, 0.2) is 0 Å². The molecule has 2 rings (SSSR count). The van der Waals surface area contributed by atoms with E-state index in [4.69, 9.17) is 10.00 Å². The standard InChI is InChI=1S/C14H18N2O/c15-9-12-5-1-2-6-13(12)10-17-11-14-7-3-4-8-16-14/h1-2,5-6,14,16H,3-4,7-8,10-11H2. The molecule has 1 heterocycles. The predicted molar refractivity (Wildman–Crippen MR) is 66.5 cm³/mol. The third-order valence-corrected chi connectivity index (χ3v) is 3.13. The molecule has 1 unspecified atom stereocenters. The molecule has 1 atom stereocenters. The predicted octanol–water partition coefficient (Wildman–Crippen LogP) is 2.22. The monoisotopic (exact) mass is 230 g/mol. The first-order valence-corrected chi connectivity index (χ1v) is 6.19. The maximum absolute atomic E-state index is 8.95. The summed E-state index contributed by atoms with van der Waals surface area (Å²) in [4.78, 5) is 0. The van der Waals surface area contributed by atoms with E-state index in [1.54, 1.807) is 0 Å². The molecule has 90 valence electrons. The summed E-state index contributed by atoms with van der Waals surface area (Å²) in [7, 11) is 0. The highest BCUT2D eigenvalue weighted by Crippen LogP contribution is 2.11. The number of rotatable bonds is 4. The third kappa shape index (κ3) is 3.55. The molecule has 1 aromatic rings. The highest BCUT2D eigenvalue weighted by molar-refractivity contribution is 5.36. The summed E-state index contributed by atoms with van der Waals surface area (Å²) >= 11 is 0. The maximum atomic E-state index is 8.95. The first-order chi connectivity index (χ1) is 8.40. The van der Waals surface area contributed by atoms with Crippen molar-refractivity contribution in [3.05, 3.63) is 35.4 Å². The van der Waals surface area contributed by atoms with E-state index in [2.05, 4.69) is 11.4 Å². The molecular formula is C14H18N2O. The van der Waals surface area contributed by atoms with Crippen LogP contribution in [0.3, 0.4) is 0 Å². The molecule has 1 aliphatic heterocycles. The van der Waals surface area contributed by atoms with Crippen molar-refractivity contribution in [2.45, 2.75) is 31.9 Å². The van der Waals surface area contributed by atoms with Crippen molar-refractivity contribution in [2.75, 3.05) is 13.2 Å². The van der Waals surface area contributed by atoms with Crippen LogP contribution in [0, 0.1) is 11.3 Å². The third-order valence-electron chi connectivity index (χ3n) is 3.13. The first kappa shape index (κ1) is 12.1. The van der Waals surface area contributed by atoms with Crippen molar-refractivity contribution in [2.24, 2.45) is 0 Å². The molecule has 0 saturated carbocycles. The Balaban J connectivity index is 1.79. The van der Waals surface area contributed by atoms with Crippen molar-refractivity contribution in [3.8, 4) is 6.07 Å². The first-order valence-electron chi connectivity index (χ1n) is 6.19. The van der Waals surface area contributed by atoms with Gasteiger partial charge in [-0.05, 0) is 31.0 Å². The van der Waals surface area contributed by atoms with Crippen LogP contribution in [0.2, 0.25) is 0 Å². The fourth-order valence-electron chi connectivity index (χ4n) is 2.13. The van der Waals surface area contributed by atoms with Crippen LogP contribution in [-0.2, 0) is 11.3 Å². The van der Waals surface area contributed by atoms with Crippen molar-refractivity contribution >= 4 is 0 Å². The molecule has 3 nitrogen and oxygen atoms in total. The van der Waals surface area contributed by atoms with Gasteiger partial charge in [0.1, 0.15) is 0 Å². The number of ether oxygens (including phenoxy) is 1. The summed E-state index contributed by atoms with van der Waals surface area (Å²) in [6.07, 6.45) is 3.75. The summed E-state index contributed by atoms with van der Waals surface area (Å²) < 4.78 is 5.69. The number of nitrogens with one attached hydrogen (secondary N) is 1. The van der Waals surface area contributed by atoms with E-state index in [-0.39, 0.29) is 0 Å². The van der Waals surface area contributed by atoms with Gasteiger partial charge in [-0.15, -0.1) is 0 Å². The number of benzene rings is 1. The van der Waals surface area contributed by atoms with Crippen LogP contribution in [0.1, 0.15) is 30.4 Å². The number of nitriles is 1. The lowest BCUT2D eigenvalue weighted by Crippen LogP contribution is -2.37. The lowest BCUT2D eigenvalue weighted by Gasteiger charge is -2.23. The Morgan fingerprint density at radius 3 is 3.00 bits per heavy atom. The van der Waals surface area contributed by atoms with E-state index in [0.717, 1.165) is 18.7 Å². The Bertz CT molecular complexity index is 391. The van der Waals surface area contributed by atoms with E-state index < -0.39 is 0 Å². The maximum Gasteiger partial charge on any atom is 0.0995 e. The summed E-state index contributed by atoms with van der Waals surface area (Å²) in [5.41, 5.74) is 1.69. The molecule has 1 fully saturated rings. The number of nitrogens with zero attached hydrogens (tertiary/aromatic N) is 1. The van der Waals surface area contributed by atoms with Gasteiger partial charge in [0.2, 0.25) is 0 Å². The minimum atomic E-state index is 0.484. The van der Waals surface area contributed by atoms with E-state index in [0.29, 0.717) is 18.2 Å². The lowest BCUT2D eigenvalue weighted by molar-refractivity contribution is 0.0910. The lowest BCUT2D eigenvalue weighted by atomic mass is 10.1. The SMILES string of the molecule is N#Cc1ccccc1COCC1CCCCN1. The Morgan fingerprint density at radius 1 is 1.35 bits per heavy atom. The molecule has 0 radical (unpaired) electrons. The van der Waals surface area contributed by atoms with E-state index in [1.807, 2.05) is 24.3 Å². The minimum Gasteiger partial charge on any atom is -0.375 e. The molecule has 3 heteroatoms. The Hall–Kier alpha value is -1.37. The molecule has 17 heavy (non-hydrogen) atoms. The molecule has 1 aliphatic rings. The molecule has 1 saturated heterocycles. The second-order valence-electron chi connectivity index (χ2n) is 4.43. The molecule has 1 aromatic carbocycles. The minimum absolute atomic E-state index is 0.484. The van der Waals surface area contributed by atoms with Gasteiger partial charge >= 0.3 is 0 Å². The molecule has 0 bridgehead atoms. The van der Waals surface area contributed by atoms with Gasteiger partial charge in [-0.1, -0.05) is 24.6 Å². The second-order valence-corrected chi connectivity index (χ2v) is 4.43. The molecule has 0 aromatic heterocycles. The van der Waals surface area contributed by atoms with Crippen molar-refractivity contribution in [3.63, 3.8) is 0 Å². The van der Waals surface area contributed by atoms with Gasteiger partial charge in [-0.3, -0.25) is 0 Å². The Labute approximate surface area is 102 Å². The van der Waals surface area contributed by atoms with Gasteiger partial charge in [-0.25, -0.2) is 0 Å². The van der Waals surface area contributed by atoms with E-state index >= 15 is 0 Å². The number of hydrogen-bond acceptors (Lipinski definition) is 3. The average molecular weight is 230 g/mol. The van der Waals surface area contributed by atoms with Crippen molar-refractivity contribution in [1.29, 1.82) is 5.26 Å². The van der Waals surface area contributed by atoms with Crippen LogP contribution in [0.5, 0.6) is 0 Å². The molecule has 0 amide bonds. The quantitative estimate of drug-likeness (QED) is 0.862. The Kier molecular flexibility index (Phi) is 4.54. The van der Waals surface area contributed by atoms with E-state index in [9.17, 15) is 0 Å². The van der Waals surface area contributed by atoms with Gasteiger partial charge in [0.05, 0.1) is 24.8 Å². The van der Waals surface area contributed by atoms with Crippen molar-refractivity contribution < 1.29 is 4.74 Å². The topological polar surface area (TPSA) is 45.0 Å². The molecule has 1 N–H and O–H groups in total. The zero-order chi connectivity index (χ0) is 11.9. The highest BCUT2D eigenvalue weighted by Gasteiger charge is 2.12. The zero-order valence-electron chi connectivity index (χ0n) is 9.98. The van der Waals surface area contributed by atoms with Crippen LogP contribution in [-0.4, -0.2) is 19.2 Å². The summed E-state index contributed by atoms with van der Waals surface area (Å²) in [6.45, 7) is 2.37. The number of hydrogen-bond donors (Lipinski definition) is 1. The van der Waals surface area contributed by atoms with E-state index in [1.165, 1.54) is 19.3 Å². The summed E-state index contributed by atoms with van der Waals surface area (Å²) in [5.74, 6) is 0. The average Bonchev–Trinajstić information content (AvgIpc) is 2.40. The van der Waals surface area contributed by atoms with Crippen molar-refractivity contribution in [1.82, 2.24) is 5.32 Å². The van der Waals surface area contributed by atoms with Gasteiger partial charge < -0.3 is 10.1 Å². The van der Waals surface area contributed by atoms with Crippen LogP contribution in [0.15, 0.2) is 24.3 Å². The summed E-state index contributed by atoms with van der Waals surface area (Å²) in [5, 5.41) is 12.4. The smallest absolute Gasteiger partial charge is 0.0995 e. The van der Waals surface area contributed by atoms with Crippen LogP contribution >= 0.6 is 0 Å². The molecule has 0 spiro atoms. The molecule has 0 aliphatic carbocycles. The van der Waals surface area contributed by atoms with Crippen LogP contribution in [0.25, 0.3) is 0 Å². The second kappa shape index (κ2) is 6.39. The normalized spacial score (nSPS) is 19.8. The van der Waals surface area contributed by atoms with Gasteiger partial charge in [0, 0.05) is 6.04 Å². The zero-order valence-corrected chi connectivity index (χ0v) is 9.98. The largest absolute Gasteiger partial charge is 0.375 e. The Morgan fingerprint density at radius 2 is 2.24 bits per heavy atom. The highest BCUT2D eigenvalue weighted by atomic mass is 16.5. The van der Waals surface area contributed by atoms with Crippen LogP contribution in [0.4, 0.5) is 0 Å². The molecular weight excluding hydrogens is 212 g/mol. The van der Waals surface area contributed by atoms with Gasteiger partial charge in [0.25, 0.3) is 0 Å². The van der Waals surface area contributed by atoms with Gasteiger partial charge in [-0.2, -0.15) is 5.26 Å². The van der Waals surface area contributed by atoms with Crippen LogP contribution < -0.4 is 5.32 Å². The number of piperidine rings is 1. The summed E-state index contributed by atoms with van der Waals surface area (Å²) in [6, 6.07) is 10.3.